The van der Waals surface area contributed by atoms with Crippen molar-refractivity contribution in [3.63, 3.8) is 0 Å². The average Bonchev–Trinajstić information content (AvgIpc) is 2.36. The molecule has 0 atom stereocenters. The maximum atomic E-state index is 11.1. The molecular weight excluding hydrogens is 142 g/mol. The summed E-state index contributed by atoms with van der Waals surface area (Å²) < 4.78 is 1.59. The zero-order valence-corrected chi connectivity index (χ0v) is 6.32. The average molecular weight is 151 g/mol. The van der Waals surface area contributed by atoms with Crippen LogP contribution in [0.2, 0.25) is 0 Å². The van der Waals surface area contributed by atoms with Crippen molar-refractivity contribution in [2.75, 3.05) is 0 Å². The molecule has 1 aromatic heterocycles. The van der Waals surface area contributed by atoms with E-state index in [1.165, 1.54) is 6.33 Å². The molecule has 4 heteroatoms. The molecule has 0 aliphatic rings. The minimum atomic E-state index is -0.0556. The quantitative estimate of drug-likeness (QED) is 0.468. The van der Waals surface area contributed by atoms with Gasteiger partial charge in [0.25, 0.3) is 0 Å². The zero-order chi connectivity index (χ0) is 8.27. The molecule has 0 saturated heterocycles. The molecule has 58 valence electrons. The molecule has 0 N–H and O–H groups in total. The van der Waals surface area contributed by atoms with Gasteiger partial charge in [-0.25, -0.2) is 0 Å². The van der Waals surface area contributed by atoms with E-state index in [1.54, 1.807) is 17.7 Å². The highest BCUT2D eigenvalue weighted by molar-refractivity contribution is 5.93. The zero-order valence-electron chi connectivity index (χ0n) is 6.32. The molecule has 0 aliphatic carbocycles. The largest absolute Gasteiger partial charge is 0.314 e. The predicted octanol–water partition coefficient (Wildman–Crippen LogP) is 0.574. The van der Waals surface area contributed by atoms with E-state index in [2.05, 4.69) is 16.8 Å². The van der Waals surface area contributed by atoms with Gasteiger partial charge in [-0.1, -0.05) is 6.08 Å². The topological polar surface area (TPSA) is 47.8 Å². The van der Waals surface area contributed by atoms with Crippen LogP contribution in [-0.2, 0) is 7.05 Å². The van der Waals surface area contributed by atoms with Gasteiger partial charge in [-0.3, -0.25) is 4.79 Å². The van der Waals surface area contributed by atoms with Gasteiger partial charge in [-0.15, -0.1) is 16.8 Å². The fourth-order valence-corrected chi connectivity index (χ4v) is 0.758. The van der Waals surface area contributed by atoms with Crippen molar-refractivity contribution in [3.05, 3.63) is 24.8 Å². The second-order valence-electron chi connectivity index (χ2n) is 2.18. The van der Waals surface area contributed by atoms with Crippen molar-refractivity contribution >= 4 is 5.78 Å². The molecule has 1 heterocycles. The van der Waals surface area contributed by atoms with Crippen LogP contribution in [0.5, 0.6) is 0 Å². The second-order valence-corrected chi connectivity index (χ2v) is 2.18. The molecule has 0 fully saturated rings. The highest BCUT2D eigenvalue weighted by Gasteiger charge is 2.08. The Labute approximate surface area is 64.6 Å². The van der Waals surface area contributed by atoms with Crippen molar-refractivity contribution in [1.29, 1.82) is 0 Å². The number of carbonyl (C=O) groups excluding carboxylic acids is 1. The lowest BCUT2D eigenvalue weighted by Crippen LogP contribution is -2.05. The Morgan fingerprint density at radius 3 is 3.09 bits per heavy atom. The van der Waals surface area contributed by atoms with Gasteiger partial charge < -0.3 is 4.57 Å². The summed E-state index contributed by atoms with van der Waals surface area (Å²) in [7, 11) is 1.73. The normalized spacial score (nSPS) is 9.55. The van der Waals surface area contributed by atoms with Crippen LogP contribution in [0.1, 0.15) is 17.0 Å². The van der Waals surface area contributed by atoms with E-state index in [9.17, 15) is 4.79 Å². The molecule has 0 unspecified atom stereocenters. The number of carbonyl (C=O) groups is 1. The van der Waals surface area contributed by atoms with E-state index >= 15 is 0 Å². The Hall–Kier alpha value is -1.45. The van der Waals surface area contributed by atoms with E-state index in [1.807, 2.05) is 0 Å². The summed E-state index contributed by atoms with van der Waals surface area (Å²) in [6.07, 6.45) is 3.36. The molecule has 4 nitrogen and oxygen atoms in total. The summed E-state index contributed by atoms with van der Waals surface area (Å²) in [6, 6.07) is 0. The minimum Gasteiger partial charge on any atom is -0.314 e. The Bertz CT molecular complexity index is 277. The second kappa shape index (κ2) is 3.09. The first-order chi connectivity index (χ1) is 5.25. The molecule has 0 amide bonds. The van der Waals surface area contributed by atoms with E-state index in [0.29, 0.717) is 12.2 Å². The lowest BCUT2D eigenvalue weighted by atomic mass is 10.3. The number of aromatic nitrogens is 3. The van der Waals surface area contributed by atoms with Crippen molar-refractivity contribution < 1.29 is 4.79 Å². The number of Topliss-reactive ketones (excluding diaryl/α,β-unsaturated/α-hetero) is 1. The lowest BCUT2D eigenvalue weighted by Gasteiger charge is -1.94. The summed E-state index contributed by atoms with van der Waals surface area (Å²) in [5.74, 6) is 0.324. The molecule has 0 bridgehead atoms. The monoisotopic (exact) mass is 151 g/mol. The first kappa shape index (κ1) is 7.65. The van der Waals surface area contributed by atoms with Gasteiger partial charge in [-0.05, 0) is 0 Å². The van der Waals surface area contributed by atoms with Gasteiger partial charge in [0.1, 0.15) is 6.33 Å². The van der Waals surface area contributed by atoms with Crippen molar-refractivity contribution in [3.8, 4) is 0 Å². The Kier molecular flexibility index (Phi) is 2.15. The van der Waals surface area contributed by atoms with E-state index in [-0.39, 0.29) is 5.78 Å². The first-order valence-electron chi connectivity index (χ1n) is 3.23. The maximum absolute atomic E-state index is 11.1. The van der Waals surface area contributed by atoms with Crippen molar-refractivity contribution in [2.45, 2.75) is 6.42 Å². The molecule has 0 spiro atoms. The number of hydrogen-bond donors (Lipinski definition) is 0. The fraction of sp³-hybridized carbons (Fsp3) is 0.286. The molecule has 1 aromatic rings. The number of hydrogen-bond acceptors (Lipinski definition) is 3. The fourth-order valence-electron chi connectivity index (χ4n) is 0.758. The third kappa shape index (κ3) is 1.52. The van der Waals surface area contributed by atoms with Crippen molar-refractivity contribution in [1.82, 2.24) is 14.8 Å². The summed E-state index contributed by atoms with van der Waals surface area (Å²) in [5.41, 5.74) is 0. The van der Waals surface area contributed by atoms with Crippen LogP contribution in [0.25, 0.3) is 0 Å². The van der Waals surface area contributed by atoms with Gasteiger partial charge >= 0.3 is 0 Å². The Morgan fingerprint density at radius 1 is 1.91 bits per heavy atom. The van der Waals surface area contributed by atoms with Gasteiger partial charge in [0.15, 0.2) is 5.82 Å². The van der Waals surface area contributed by atoms with Crippen LogP contribution < -0.4 is 0 Å². The number of ketones is 1. The van der Waals surface area contributed by atoms with E-state index in [4.69, 9.17) is 0 Å². The molecule has 0 aliphatic heterocycles. The van der Waals surface area contributed by atoms with E-state index in [0.717, 1.165) is 0 Å². The minimum absolute atomic E-state index is 0.0556. The predicted molar refractivity (Wildman–Crippen MR) is 40.1 cm³/mol. The smallest absolute Gasteiger partial charge is 0.203 e. The Morgan fingerprint density at radius 2 is 2.64 bits per heavy atom. The highest BCUT2D eigenvalue weighted by atomic mass is 16.1. The third-order valence-electron chi connectivity index (χ3n) is 1.29. The van der Waals surface area contributed by atoms with Crippen LogP contribution >= 0.6 is 0 Å². The van der Waals surface area contributed by atoms with Gasteiger partial charge in [0, 0.05) is 13.5 Å². The SMILES string of the molecule is C=CCC(=O)c1nncn1C. The van der Waals surface area contributed by atoms with Crippen LogP contribution in [0.15, 0.2) is 19.0 Å². The van der Waals surface area contributed by atoms with E-state index < -0.39 is 0 Å². The molecule has 0 aromatic carbocycles. The van der Waals surface area contributed by atoms with Crippen LogP contribution in [-0.4, -0.2) is 20.5 Å². The third-order valence-corrected chi connectivity index (χ3v) is 1.29. The molecule has 0 saturated carbocycles. The molecular formula is C7H9N3O. The number of rotatable bonds is 3. The van der Waals surface area contributed by atoms with Crippen LogP contribution in [0, 0.1) is 0 Å². The summed E-state index contributed by atoms with van der Waals surface area (Å²) in [6.45, 7) is 3.46. The van der Waals surface area contributed by atoms with Crippen LogP contribution in [0.3, 0.4) is 0 Å². The highest BCUT2D eigenvalue weighted by Crippen LogP contribution is 1.97. The standard InChI is InChI=1S/C7H9N3O/c1-3-4-6(11)7-9-8-5-10(7)2/h3,5H,1,4H2,2H3. The summed E-state index contributed by atoms with van der Waals surface area (Å²) >= 11 is 0. The van der Waals surface area contributed by atoms with Crippen LogP contribution in [0.4, 0.5) is 0 Å². The lowest BCUT2D eigenvalue weighted by molar-refractivity contribution is 0.0982. The molecule has 11 heavy (non-hydrogen) atoms. The van der Waals surface area contributed by atoms with Gasteiger partial charge in [0.05, 0.1) is 0 Å². The Balaban J connectivity index is 2.83. The molecule has 0 radical (unpaired) electrons. The summed E-state index contributed by atoms with van der Waals surface area (Å²) in [4.78, 5) is 11.1. The van der Waals surface area contributed by atoms with Gasteiger partial charge in [0.2, 0.25) is 5.78 Å². The van der Waals surface area contributed by atoms with Gasteiger partial charge in [-0.2, -0.15) is 0 Å². The van der Waals surface area contributed by atoms with Crippen molar-refractivity contribution in [2.24, 2.45) is 7.05 Å². The number of allylic oxidation sites excluding steroid dienone is 1. The number of aryl methyl sites for hydroxylation is 1. The molecule has 1 rings (SSSR count). The number of nitrogens with zero attached hydrogens (tertiary/aromatic N) is 3. The summed E-state index contributed by atoms with van der Waals surface area (Å²) in [5, 5.41) is 7.23. The first-order valence-corrected chi connectivity index (χ1v) is 3.23. The maximum Gasteiger partial charge on any atom is 0.203 e.